The zero-order valence-corrected chi connectivity index (χ0v) is 13.4. The van der Waals surface area contributed by atoms with Crippen molar-refractivity contribution in [1.29, 1.82) is 0 Å². The summed E-state index contributed by atoms with van der Waals surface area (Å²) in [6, 6.07) is 9.56. The fourth-order valence-corrected chi connectivity index (χ4v) is 3.14. The molecule has 0 bridgehead atoms. The highest BCUT2D eigenvalue weighted by Crippen LogP contribution is 2.26. The average Bonchev–Trinajstić information content (AvgIpc) is 2.44. The molecule has 0 atom stereocenters. The van der Waals surface area contributed by atoms with Crippen LogP contribution in [0, 0.1) is 0 Å². The number of aromatic nitrogens is 1. The van der Waals surface area contributed by atoms with Gasteiger partial charge in [-0.15, -0.1) is 11.8 Å². The summed E-state index contributed by atoms with van der Waals surface area (Å²) in [6.07, 6.45) is 0. The van der Waals surface area contributed by atoms with E-state index in [1.807, 2.05) is 45.0 Å². The van der Waals surface area contributed by atoms with Crippen molar-refractivity contribution in [1.82, 2.24) is 9.88 Å². The molecule has 0 saturated heterocycles. The molecule has 1 N–H and O–H groups in total. The third-order valence-electron chi connectivity index (χ3n) is 3.11. The highest BCUT2D eigenvalue weighted by atomic mass is 32.2. The lowest BCUT2D eigenvalue weighted by Crippen LogP contribution is -2.31. The number of hydrogen-bond donors (Lipinski definition) is 1. The van der Waals surface area contributed by atoms with Gasteiger partial charge in [0.1, 0.15) is 0 Å². The van der Waals surface area contributed by atoms with Crippen LogP contribution in [0.15, 0.2) is 40.0 Å². The van der Waals surface area contributed by atoms with Crippen LogP contribution in [0.25, 0.3) is 10.9 Å². The Balaban J connectivity index is 2.33. The first kappa shape index (κ1) is 15.6. The van der Waals surface area contributed by atoms with E-state index in [4.69, 9.17) is 0 Å². The molecule has 0 aliphatic rings. The van der Waals surface area contributed by atoms with Gasteiger partial charge in [0, 0.05) is 28.9 Å². The highest BCUT2D eigenvalue weighted by Gasteiger charge is 2.10. The van der Waals surface area contributed by atoms with E-state index in [1.54, 1.807) is 10.6 Å². The van der Waals surface area contributed by atoms with Crippen LogP contribution >= 0.6 is 11.8 Å². The second-order valence-electron chi connectivity index (χ2n) is 5.12. The maximum absolute atomic E-state index is 12.2. The molecule has 0 radical (unpaired) electrons. The van der Waals surface area contributed by atoms with Crippen LogP contribution in [0.5, 0.6) is 0 Å². The summed E-state index contributed by atoms with van der Waals surface area (Å²) in [5.74, 6) is 0.302. The SMILES string of the molecule is CCn1c(=O)cc(SCC(=O)NC(C)C)c2ccccc21. The summed E-state index contributed by atoms with van der Waals surface area (Å²) in [7, 11) is 0. The van der Waals surface area contributed by atoms with Crippen molar-refractivity contribution in [2.24, 2.45) is 0 Å². The highest BCUT2D eigenvalue weighted by molar-refractivity contribution is 8.00. The largest absolute Gasteiger partial charge is 0.353 e. The molecular formula is C16H20N2O2S. The lowest BCUT2D eigenvalue weighted by atomic mass is 10.2. The van der Waals surface area contributed by atoms with Gasteiger partial charge in [-0.3, -0.25) is 9.59 Å². The number of thioether (sulfide) groups is 1. The van der Waals surface area contributed by atoms with Crippen molar-refractivity contribution in [3.8, 4) is 0 Å². The summed E-state index contributed by atoms with van der Waals surface area (Å²) in [4.78, 5) is 24.8. The molecule has 0 saturated carbocycles. The molecule has 0 aliphatic heterocycles. The first-order valence-corrected chi connectivity index (χ1v) is 8.06. The molecule has 1 aromatic carbocycles. The van der Waals surface area contributed by atoms with Crippen molar-refractivity contribution in [3.63, 3.8) is 0 Å². The van der Waals surface area contributed by atoms with Gasteiger partial charge in [-0.1, -0.05) is 18.2 Å². The maximum Gasteiger partial charge on any atom is 0.252 e. The second kappa shape index (κ2) is 6.80. The molecule has 2 aromatic rings. The number of carbonyl (C=O) groups is 1. The smallest absolute Gasteiger partial charge is 0.252 e. The van der Waals surface area contributed by atoms with E-state index in [9.17, 15) is 9.59 Å². The van der Waals surface area contributed by atoms with Gasteiger partial charge in [-0.25, -0.2) is 0 Å². The quantitative estimate of drug-likeness (QED) is 0.864. The van der Waals surface area contributed by atoms with Gasteiger partial charge in [0.2, 0.25) is 5.91 Å². The van der Waals surface area contributed by atoms with Crippen molar-refractivity contribution >= 4 is 28.6 Å². The molecule has 1 amide bonds. The lowest BCUT2D eigenvalue weighted by Gasteiger charge is -2.12. The molecule has 0 unspecified atom stereocenters. The predicted octanol–water partition coefficient (Wildman–Crippen LogP) is 2.64. The summed E-state index contributed by atoms with van der Waals surface area (Å²) in [5, 5.41) is 3.87. The molecule has 0 fully saturated rings. The van der Waals surface area contributed by atoms with E-state index in [2.05, 4.69) is 5.32 Å². The van der Waals surface area contributed by atoms with Crippen molar-refractivity contribution < 1.29 is 4.79 Å². The maximum atomic E-state index is 12.2. The number of fused-ring (bicyclic) bond motifs is 1. The van der Waals surface area contributed by atoms with Crippen LogP contribution < -0.4 is 10.9 Å². The molecule has 1 heterocycles. The van der Waals surface area contributed by atoms with Gasteiger partial charge >= 0.3 is 0 Å². The Hall–Kier alpha value is -1.75. The van der Waals surface area contributed by atoms with Crippen molar-refractivity contribution in [2.45, 2.75) is 38.3 Å². The number of aryl methyl sites for hydroxylation is 1. The molecule has 4 nitrogen and oxygen atoms in total. The van der Waals surface area contributed by atoms with E-state index < -0.39 is 0 Å². The van der Waals surface area contributed by atoms with Crippen LogP contribution in [-0.2, 0) is 11.3 Å². The molecule has 5 heteroatoms. The predicted molar refractivity (Wildman–Crippen MR) is 87.9 cm³/mol. The van der Waals surface area contributed by atoms with Crippen molar-refractivity contribution in [3.05, 3.63) is 40.7 Å². The lowest BCUT2D eigenvalue weighted by molar-refractivity contribution is -0.119. The number of nitrogens with one attached hydrogen (secondary N) is 1. The number of pyridine rings is 1. The molecule has 0 spiro atoms. The Bertz CT molecular complexity index is 707. The monoisotopic (exact) mass is 304 g/mol. The number of rotatable bonds is 5. The van der Waals surface area contributed by atoms with Gasteiger partial charge in [-0.05, 0) is 26.8 Å². The molecule has 21 heavy (non-hydrogen) atoms. The third kappa shape index (κ3) is 3.67. The fourth-order valence-electron chi connectivity index (χ4n) is 2.26. The van der Waals surface area contributed by atoms with E-state index >= 15 is 0 Å². The van der Waals surface area contributed by atoms with E-state index in [0.29, 0.717) is 12.3 Å². The first-order valence-electron chi connectivity index (χ1n) is 7.07. The fraction of sp³-hybridized carbons (Fsp3) is 0.375. The number of nitrogens with zero attached hydrogens (tertiary/aromatic N) is 1. The Labute approximate surface area is 128 Å². The van der Waals surface area contributed by atoms with E-state index in [0.717, 1.165) is 15.8 Å². The minimum absolute atomic E-state index is 0.0150. The van der Waals surface area contributed by atoms with E-state index in [1.165, 1.54) is 11.8 Å². The normalized spacial score (nSPS) is 11.0. The van der Waals surface area contributed by atoms with Crippen LogP contribution in [-0.4, -0.2) is 22.3 Å². The summed E-state index contributed by atoms with van der Waals surface area (Å²) in [5.41, 5.74) is 0.891. The van der Waals surface area contributed by atoms with Gasteiger partial charge in [0.05, 0.1) is 11.3 Å². The van der Waals surface area contributed by atoms with Crippen LogP contribution in [0.2, 0.25) is 0 Å². The topological polar surface area (TPSA) is 51.1 Å². The molecule has 2 rings (SSSR count). The van der Waals surface area contributed by atoms with Crippen LogP contribution in [0.4, 0.5) is 0 Å². The summed E-state index contributed by atoms with van der Waals surface area (Å²) >= 11 is 1.41. The molecule has 1 aromatic heterocycles. The van der Waals surface area contributed by atoms with Gasteiger partial charge in [0.15, 0.2) is 0 Å². The second-order valence-corrected chi connectivity index (χ2v) is 6.14. The summed E-state index contributed by atoms with van der Waals surface area (Å²) in [6.45, 7) is 6.45. The standard InChI is InChI=1S/C16H20N2O2S/c1-4-18-13-8-6-5-7-12(13)14(9-16(18)20)21-10-15(19)17-11(2)3/h5-9,11H,4,10H2,1-3H3,(H,17,19). The molecular weight excluding hydrogens is 284 g/mol. The van der Waals surface area contributed by atoms with Gasteiger partial charge < -0.3 is 9.88 Å². The minimum atomic E-state index is -0.0250. The number of carbonyl (C=O) groups excluding carboxylic acids is 1. The number of benzene rings is 1. The van der Waals surface area contributed by atoms with Crippen LogP contribution in [0.3, 0.4) is 0 Å². The summed E-state index contributed by atoms with van der Waals surface area (Å²) < 4.78 is 1.74. The van der Waals surface area contributed by atoms with Crippen LogP contribution in [0.1, 0.15) is 20.8 Å². The van der Waals surface area contributed by atoms with Gasteiger partial charge in [-0.2, -0.15) is 0 Å². The van der Waals surface area contributed by atoms with Gasteiger partial charge in [0.25, 0.3) is 5.56 Å². The Morgan fingerprint density at radius 2 is 2.05 bits per heavy atom. The van der Waals surface area contributed by atoms with Crippen molar-refractivity contribution in [2.75, 3.05) is 5.75 Å². The first-order chi connectivity index (χ1) is 10.0. The van der Waals surface area contributed by atoms with E-state index in [-0.39, 0.29) is 17.5 Å². The average molecular weight is 304 g/mol. The third-order valence-corrected chi connectivity index (χ3v) is 4.16. The Morgan fingerprint density at radius 1 is 1.33 bits per heavy atom. The Morgan fingerprint density at radius 3 is 2.71 bits per heavy atom. The minimum Gasteiger partial charge on any atom is -0.353 e. The number of amides is 1. The number of para-hydroxylation sites is 1. The molecule has 112 valence electrons. The number of hydrogen-bond acceptors (Lipinski definition) is 3. The zero-order chi connectivity index (χ0) is 15.4. The Kier molecular flexibility index (Phi) is 5.07. The zero-order valence-electron chi connectivity index (χ0n) is 12.6. The molecule has 0 aliphatic carbocycles.